The summed E-state index contributed by atoms with van der Waals surface area (Å²) in [6, 6.07) is 76.1. The van der Waals surface area contributed by atoms with Crippen molar-refractivity contribution >= 4 is 64.6 Å². The van der Waals surface area contributed by atoms with Gasteiger partial charge < -0.3 is 0 Å². The van der Waals surface area contributed by atoms with Crippen LogP contribution in [0.1, 0.15) is 0 Å². The fourth-order valence-electron chi connectivity index (χ4n) is 9.00. The summed E-state index contributed by atoms with van der Waals surface area (Å²) in [6.07, 6.45) is 0. The van der Waals surface area contributed by atoms with Crippen molar-refractivity contribution in [2.24, 2.45) is 0 Å². The number of benzene rings is 11. The summed E-state index contributed by atoms with van der Waals surface area (Å²) in [7, 11) is 0. The first-order valence-electron chi connectivity index (χ1n) is 18.8. The molecule has 0 saturated carbocycles. The minimum Gasteiger partial charge on any atom is -0.0616 e. The van der Waals surface area contributed by atoms with Crippen LogP contribution >= 0.6 is 0 Å². The third-order valence-electron chi connectivity index (χ3n) is 11.4. The van der Waals surface area contributed by atoms with E-state index in [2.05, 4.69) is 206 Å². The van der Waals surface area contributed by atoms with Gasteiger partial charge in [0.1, 0.15) is 0 Å². The van der Waals surface area contributed by atoms with Gasteiger partial charge in [0.15, 0.2) is 0 Å². The van der Waals surface area contributed by atoms with Crippen LogP contribution in [0, 0.1) is 0 Å². The van der Waals surface area contributed by atoms with E-state index in [1.807, 2.05) is 0 Å². The molecule has 0 aliphatic rings. The first kappa shape index (κ1) is 30.6. The minimum atomic E-state index is 1.22. The molecule has 0 aromatic heterocycles. The van der Waals surface area contributed by atoms with Crippen LogP contribution in [-0.2, 0) is 0 Å². The molecule has 11 rings (SSSR count). The van der Waals surface area contributed by atoms with Gasteiger partial charge in [-0.15, -0.1) is 0 Å². The molecule has 0 fully saturated rings. The number of hydrogen-bond donors (Lipinski definition) is 0. The van der Waals surface area contributed by atoms with Crippen molar-refractivity contribution in [3.05, 3.63) is 206 Å². The van der Waals surface area contributed by atoms with E-state index < -0.39 is 0 Å². The van der Waals surface area contributed by atoms with Gasteiger partial charge >= 0.3 is 0 Å². The number of fused-ring (bicyclic) bond motifs is 8. The predicted molar refractivity (Wildman–Crippen MR) is 233 cm³/mol. The molecule has 54 heavy (non-hydrogen) atoms. The van der Waals surface area contributed by atoms with Crippen molar-refractivity contribution in [2.45, 2.75) is 0 Å². The highest BCUT2D eigenvalue weighted by atomic mass is 14.2. The van der Waals surface area contributed by atoms with E-state index in [0.717, 1.165) is 0 Å². The Bertz CT molecular complexity index is 3200. The molecule has 0 aliphatic carbocycles. The average Bonchev–Trinajstić information content (AvgIpc) is 3.25. The Kier molecular flexibility index (Phi) is 6.97. The fourth-order valence-corrected chi connectivity index (χ4v) is 9.00. The van der Waals surface area contributed by atoms with Crippen molar-refractivity contribution < 1.29 is 0 Å². The molecule has 0 aliphatic heterocycles. The van der Waals surface area contributed by atoms with E-state index in [-0.39, 0.29) is 0 Å². The normalized spacial score (nSPS) is 11.7. The molecule has 0 heteroatoms. The lowest BCUT2D eigenvalue weighted by Crippen LogP contribution is -1.92. The molecular weight excluding hydrogens is 649 g/mol. The fraction of sp³-hybridized carbons (Fsp3) is 0. The van der Waals surface area contributed by atoms with Crippen molar-refractivity contribution in [1.29, 1.82) is 0 Å². The standard InChI is InChI=1S/C54H34/c1-3-18-41-38(14-1)33-51(45-22-7-5-20-43(41)45)35-28-30-36(31-29-35)53-47-24-9-11-26-49(47)54(50-27-12-10-25-48(50)53)40-17-13-16-37(32-40)52-34-39-15-2-4-19-42(39)44-21-6-8-23-46(44)52/h1-34H. The summed E-state index contributed by atoms with van der Waals surface area (Å²) >= 11 is 0. The molecule has 0 spiro atoms. The lowest BCUT2D eigenvalue weighted by atomic mass is 9.84. The maximum atomic E-state index is 2.40. The topological polar surface area (TPSA) is 0 Å². The van der Waals surface area contributed by atoms with Crippen LogP contribution < -0.4 is 0 Å². The van der Waals surface area contributed by atoms with Crippen LogP contribution in [0.25, 0.3) is 109 Å². The van der Waals surface area contributed by atoms with E-state index in [9.17, 15) is 0 Å². The quantitative estimate of drug-likeness (QED) is 0.128. The Morgan fingerprint density at radius 2 is 0.537 bits per heavy atom. The largest absolute Gasteiger partial charge is 0.0616 e. The predicted octanol–water partition coefficient (Wildman–Crippen LogP) is 15.3. The van der Waals surface area contributed by atoms with E-state index in [1.54, 1.807) is 0 Å². The molecule has 11 aromatic rings. The van der Waals surface area contributed by atoms with Crippen LogP contribution in [0.3, 0.4) is 0 Å². The molecule has 0 heterocycles. The Hall–Kier alpha value is -7.02. The zero-order chi connectivity index (χ0) is 35.6. The van der Waals surface area contributed by atoms with Gasteiger partial charge in [-0.05, 0) is 127 Å². The Morgan fingerprint density at radius 3 is 1.04 bits per heavy atom. The minimum absolute atomic E-state index is 1.22. The first-order valence-corrected chi connectivity index (χ1v) is 18.8. The second-order valence-electron chi connectivity index (χ2n) is 14.4. The molecule has 0 amide bonds. The molecule has 0 atom stereocenters. The molecule has 0 bridgehead atoms. The Balaban J connectivity index is 1.09. The van der Waals surface area contributed by atoms with E-state index in [0.29, 0.717) is 0 Å². The number of rotatable bonds is 4. The van der Waals surface area contributed by atoms with Gasteiger partial charge in [-0.2, -0.15) is 0 Å². The molecule has 250 valence electrons. The lowest BCUT2D eigenvalue weighted by molar-refractivity contribution is 1.63. The maximum Gasteiger partial charge on any atom is -0.00262 e. The Morgan fingerprint density at radius 1 is 0.185 bits per heavy atom. The summed E-state index contributed by atoms with van der Waals surface area (Å²) in [5, 5.41) is 15.3. The maximum absolute atomic E-state index is 2.40. The van der Waals surface area contributed by atoms with Crippen LogP contribution in [0.15, 0.2) is 206 Å². The third kappa shape index (κ3) is 4.78. The zero-order valence-corrected chi connectivity index (χ0v) is 29.6. The molecule has 0 N–H and O–H groups in total. The van der Waals surface area contributed by atoms with Crippen molar-refractivity contribution in [2.75, 3.05) is 0 Å². The average molecular weight is 683 g/mol. The van der Waals surface area contributed by atoms with Crippen LogP contribution in [0.4, 0.5) is 0 Å². The van der Waals surface area contributed by atoms with Gasteiger partial charge in [0.2, 0.25) is 0 Å². The Labute approximate surface area is 314 Å². The van der Waals surface area contributed by atoms with Gasteiger partial charge in [0.25, 0.3) is 0 Å². The van der Waals surface area contributed by atoms with Crippen molar-refractivity contribution in [1.82, 2.24) is 0 Å². The van der Waals surface area contributed by atoms with Gasteiger partial charge in [-0.1, -0.05) is 188 Å². The van der Waals surface area contributed by atoms with Crippen LogP contribution in [-0.4, -0.2) is 0 Å². The lowest BCUT2D eigenvalue weighted by Gasteiger charge is -2.19. The second-order valence-corrected chi connectivity index (χ2v) is 14.4. The monoisotopic (exact) mass is 682 g/mol. The van der Waals surface area contributed by atoms with Crippen LogP contribution in [0.5, 0.6) is 0 Å². The summed E-state index contributed by atoms with van der Waals surface area (Å²) < 4.78 is 0. The molecule has 0 saturated heterocycles. The summed E-state index contributed by atoms with van der Waals surface area (Å²) in [4.78, 5) is 0. The summed E-state index contributed by atoms with van der Waals surface area (Å²) in [5.74, 6) is 0. The van der Waals surface area contributed by atoms with Gasteiger partial charge in [0.05, 0.1) is 0 Å². The van der Waals surface area contributed by atoms with Crippen molar-refractivity contribution in [3.63, 3.8) is 0 Å². The van der Waals surface area contributed by atoms with Crippen molar-refractivity contribution in [3.8, 4) is 44.5 Å². The molecule has 0 nitrogen and oxygen atoms in total. The third-order valence-corrected chi connectivity index (χ3v) is 11.4. The van der Waals surface area contributed by atoms with E-state index >= 15 is 0 Å². The first-order chi connectivity index (χ1) is 26.8. The SMILES string of the molecule is c1cc(-c2c3ccccc3c(-c3ccc(-c4cc5ccccc5c5ccccc45)cc3)c3ccccc23)cc(-c2cc3ccccc3c3ccccc23)c1. The zero-order valence-electron chi connectivity index (χ0n) is 29.6. The highest BCUT2D eigenvalue weighted by Crippen LogP contribution is 2.45. The molecular formula is C54H34. The van der Waals surface area contributed by atoms with E-state index in [1.165, 1.54) is 109 Å². The number of hydrogen-bond acceptors (Lipinski definition) is 0. The molecule has 11 aromatic carbocycles. The second kappa shape index (κ2) is 12.3. The summed E-state index contributed by atoms with van der Waals surface area (Å²) in [5.41, 5.74) is 9.97. The summed E-state index contributed by atoms with van der Waals surface area (Å²) in [6.45, 7) is 0. The highest BCUT2D eigenvalue weighted by molar-refractivity contribution is 6.22. The molecule has 0 unspecified atom stereocenters. The smallest absolute Gasteiger partial charge is 0.00262 e. The molecule has 0 radical (unpaired) electrons. The van der Waals surface area contributed by atoms with E-state index in [4.69, 9.17) is 0 Å². The van der Waals surface area contributed by atoms with Crippen LogP contribution in [0.2, 0.25) is 0 Å². The van der Waals surface area contributed by atoms with Gasteiger partial charge in [-0.3, -0.25) is 0 Å². The van der Waals surface area contributed by atoms with Gasteiger partial charge in [0, 0.05) is 0 Å². The van der Waals surface area contributed by atoms with Gasteiger partial charge in [-0.25, -0.2) is 0 Å². The highest BCUT2D eigenvalue weighted by Gasteiger charge is 2.18.